The molecule has 3 rings (SSSR count). The number of halogens is 1. The molecule has 0 atom stereocenters. The zero-order valence-corrected chi connectivity index (χ0v) is 14.1. The van der Waals surface area contributed by atoms with Crippen LogP contribution in [0.4, 0.5) is 5.69 Å². The Morgan fingerprint density at radius 2 is 1.56 bits per heavy atom. The molecule has 3 aromatic rings. The second-order valence-corrected chi connectivity index (χ2v) is 5.90. The lowest BCUT2D eigenvalue weighted by molar-refractivity contribution is 0.404. The van der Waals surface area contributed by atoms with Gasteiger partial charge in [-0.05, 0) is 35.4 Å². The third-order valence-corrected chi connectivity index (χ3v) is 3.93. The van der Waals surface area contributed by atoms with Crippen LogP contribution in [0.1, 0.15) is 11.1 Å². The van der Waals surface area contributed by atoms with E-state index in [0.717, 1.165) is 11.3 Å². The number of hydrogen-bond donors (Lipinski definition) is 2. The fourth-order valence-corrected chi connectivity index (χ4v) is 2.59. The highest BCUT2D eigenvalue weighted by molar-refractivity contribution is 6.32. The van der Waals surface area contributed by atoms with Crippen molar-refractivity contribution in [3.63, 3.8) is 0 Å². The largest absolute Gasteiger partial charge is 0.504 e. The number of para-hydroxylation sites is 1. The molecule has 3 aromatic carbocycles. The number of benzene rings is 3. The van der Waals surface area contributed by atoms with Crippen LogP contribution in [0.3, 0.4) is 0 Å². The molecular weight excluding hydrogens is 336 g/mol. The molecule has 4 nitrogen and oxygen atoms in total. The summed E-state index contributed by atoms with van der Waals surface area (Å²) in [7, 11) is 0. The minimum atomic E-state index is -0.331. The number of nitrogens with zero attached hydrogens (tertiary/aromatic N) is 2. The summed E-state index contributed by atoms with van der Waals surface area (Å²) in [6.07, 6.45) is 1.60. The van der Waals surface area contributed by atoms with Crippen LogP contribution in [0, 0.1) is 0 Å². The Balaban J connectivity index is 1.89. The maximum Gasteiger partial charge on any atom is 0.176 e. The minimum absolute atomic E-state index is 0.0794. The van der Waals surface area contributed by atoms with E-state index >= 15 is 0 Å². The van der Waals surface area contributed by atoms with Gasteiger partial charge >= 0.3 is 0 Å². The molecule has 25 heavy (non-hydrogen) atoms. The first kappa shape index (κ1) is 16.9. The Labute approximate surface area is 151 Å². The van der Waals surface area contributed by atoms with Crippen LogP contribution >= 0.6 is 11.6 Å². The molecule has 0 bridgehead atoms. The first-order valence-electron chi connectivity index (χ1n) is 7.75. The summed E-state index contributed by atoms with van der Waals surface area (Å²) in [4.78, 5) is 0. The van der Waals surface area contributed by atoms with Crippen molar-refractivity contribution in [2.45, 2.75) is 6.54 Å². The van der Waals surface area contributed by atoms with E-state index in [2.05, 4.69) is 5.10 Å². The zero-order chi connectivity index (χ0) is 17.6. The average molecular weight is 353 g/mol. The number of rotatable bonds is 5. The van der Waals surface area contributed by atoms with Crippen LogP contribution in [-0.2, 0) is 6.54 Å². The number of hydrazone groups is 1. The first-order valence-corrected chi connectivity index (χ1v) is 8.13. The molecule has 5 heteroatoms. The van der Waals surface area contributed by atoms with Gasteiger partial charge in [-0.2, -0.15) is 5.10 Å². The smallest absolute Gasteiger partial charge is 0.176 e. The Morgan fingerprint density at radius 3 is 2.20 bits per heavy atom. The molecule has 0 unspecified atom stereocenters. The summed E-state index contributed by atoms with van der Waals surface area (Å²) in [6.45, 7) is 0.596. The van der Waals surface area contributed by atoms with E-state index in [-0.39, 0.29) is 16.5 Å². The number of phenolic OH excluding ortho intramolecular Hbond substituents is 2. The third-order valence-electron chi connectivity index (χ3n) is 3.64. The van der Waals surface area contributed by atoms with Gasteiger partial charge in [0.25, 0.3) is 0 Å². The van der Waals surface area contributed by atoms with Gasteiger partial charge in [0.1, 0.15) is 0 Å². The Kier molecular flexibility index (Phi) is 5.21. The molecule has 0 aliphatic rings. The van der Waals surface area contributed by atoms with Crippen molar-refractivity contribution in [1.29, 1.82) is 0 Å². The van der Waals surface area contributed by atoms with E-state index in [0.29, 0.717) is 12.1 Å². The molecule has 0 amide bonds. The summed E-state index contributed by atoms with van der Waals surface area (Å²) in [5, 5.41) is 25.7. The van der Waals surface area contributed by atoms with Gasteiger partial charge in [0.15, 0.2) is 11.5 Å². The quantitative estimate of drug-likeness (QED) is 0.394. The van der Waals surface area contributed by atoms with E-state index in [1.165, 1.54) is 6.07 Å². The molecular formula is C20H17ClN2O2. The number of aromatic hydroxyl groups is 2. The molecule has 0 saturated carbocycles. The SMILES string of the molecule is Oc1cc(/C=N/N(Cc2ccccc2)c2ccccc2)cc(Cl)c1O. The van der Waals surface area contributed by atoms with Crippen LogP contribution < -0.4 is 5.01 Å². The fourth-order valence-electron chi connectivity index (χ4n) is 2.37. The maximum atomic E-state index is 9.69. The summed E-state index contributed by atoms with van der Waals surface area (Å²) in [5.74, 6) is -0.605. The summed E-state index contributed by atoms with van der Waals surface area (Å²) >= 11 is 5.90. The number of anilines is 1. The molecule has 0 saturated heterocycles. The number of hydrogen-bond acceptors (Lipinski definition) is 4. The van der Waals surface area contributed by atoms with Crippen molar-refractivity contribution in [3.8, 4) is 11.5 Å². The molecule has 126 valence electrons. The monoisotopic (exact) mass is 352 g/mol. The summed E-state index contributed by atoms with van der Waals surface area (Å²) < 4.78 is 0. The van der Waals surface area contributed by atoms with Gasteiger partial charge in [-0.1, -0.05) is 60.1 Å². The Bertz CT molecular complexity index is 844. The first-order chi connectivity index (χ1) is 12.1. The Hall–Kier alpha value is -2.98. The highest BCUT2D eigenvalue weighted by atomic mass is 35.5. The zero-order valence-electron chi connectivity index (χ0n) is 13.4. The molecule has 0 fully saturated rings. The lowest BCUT2D eigenvalue weighted by Crippen LogP contribution is -2.16. The maximum absolute atomic E-state index is 9.69. The topological polar surface area (TPSA) is 56.1 Å². The minimum Gasteiger partial charge on any atom is -0.504 e. The van der Waals surface area contributed by atoms with Crippen LogP contribution in [0.15, 0.2) is 77.9 Å². The highest BCUT2D eigenvalue weighted by Crippen LogP contribution is 2.33. The highest BCUT2D eigenvalue weighted by Gasteiger charge is 2.08. The van der Waals surface area contributed by atoms with Gasteiger partial charge in [0.05, 0.1) is 23.5 Å². The molecule has 0 aromatic heterocycles. The lowest BCUT2D eigenvalue weighted by Gasteiger charge is -2.19. The van der Waals surface area contributed by atoms with Crippen LogP contribution in [0.2, 0.25) is 5.02 Å². The van der Waals surface area contributed by atoms with E-state index in [1.807, 2.05) is 65.7 Å². The molecule has 0 radical (unpaired) electrons. The van der Waals surface area contributed by atoms with Crippen molar-refractivity contribution in [3.05, 3.63) is 88.9 Å². The lowest BCUT2D eigenvalue weighted by atomic mass is 10.2. The molecule has 0 aliphatic heterocycles. The second-order valence-electron chi connectivity index (χ2n) is 5.49. The van der Waals surface area contributed by atoms with Gasteiger partial charge < -0.3 is 10.2 Å². The predicted molar refractivity (Wildman–Crippen MR) is 101 cm³/mol. The van der Waals surface area contributed by atoms with Crippen LogP contribution in [-0.4, -0.2) is 16.4 Å². The van der Waals surface area contributed by atoms with Crippen LogP contribution in [0.5, 0.6) is 11.5 Å². The molecule has 0 spiro atoms. The van der Waals surface area contributed by atoms with E-state index in [4.69, 9.17) is 11.6 Å². The van der Waals surface area contributed by atoms with Gasteiger partial charge in [-0.15, -0.1) is 0 Å². The average Bonchev–Trinajstić information content (AvgIpc) is 2.64. The predicted octanol–water partition coefficient (Wildman–Crippen LogP) is 4.79. The molecule has 2 N–H and O–H groups in total. The molecule has 0 heterocycles. The molecule has 0 aliphatic carbocycles. The van der Waals surface area contributed by atoms with Gasteiger partial charge in [-0.3, -0.25) is 5.01 Å². The summed E-state index contributed by atoms with van der Waals surface area (Å²) in [5.41, 5.74) is 2.65. The van der Waals surface area contributed by atoms with Crippen molar-refractivity contribution in [2.75, 3.05) is 5.01 Å². The fraction of sp³-hybridized carbons (Fsp3) is 0.0500. The second kappa shape index (κ2) is 7.73. The normalized spacial score (nSPS) is 10.9. The van der Waals surface area contributed by atoms with E-state index < -0.39 is 0 Å². The van der Waals surface area contributed by atoms with Crippen molar-refractivity contribution in [1.82, 2.24) is 0 Å². The van der Waals surface area contributed by atoms with Gasteiger partial charge in [0.2, 0.25) is 0 Å². The van der Waals surface area contributed by atoms with Crippen molar-refractivity contribution in [2.24, 2.45) is 5.10 Å². The third kappa shape index (κ3) is 4.31. The van der Waals surface area contributed by atoms with Crippen LogP contribution in [0.25, 0.3) is 0 Å². The van der Waals surface area contributed by atoms with Gasteiger partial charge in [-0.25, -0.2) is 0 Å². The van der Waals surface area contributed by atoms with E-state index in [1.54, 1.807) is 12.3 Å². The van der Waals surface area contributed by atoms with Crippen molar-refractivity contribution < 1.29 is 10.2 Å². The Morgan fingerprint density at radius 1 is 0.920 bits per heavy atom. The standard InChI is InChI=1S/C20H17ClN2O2/c21-18-11-16(12-19(24)20(18)25)13-22-23(17-9-5-2-6-10-17)14-15-7-3-1-4-8-15/h1-13,24-25H,14H2/b22-13+. The van der Waals surface area contributed by atoms with E-state index in [9.17, 15) is 10.2 Å². The number of phenols is 2. The van der Waals surface area contributed by atoms with Gasteiger partial charge in [0, 0.05) is 0 Å². The summed E-state index contributed by atoms with van der Waals surface area (Å²) in [6, 6.07) is 22.8. The van der Waals surface area contributed by atoms with Crippen molar-refractivity contribution >= 4 is 23.5 Å².